The Morgan fingerprint density at radius 2 is 1.71 bits per heavy atom. The van der Waals surface area contributed by atoms with Crippen LogP contribution in [0.15, 0.2) is 24.3 Å². The highest BCUT2D eigenvalue weighted by Crippen LogP contribution is 2.29. The van der Waals surface area contributed by atoms with Crippen LogP contribution in [0.4, 0.5) is 13.2 Å². The Kier molecular flexibility index (Phi) is 7.09. The van der Waals surface area contributed by atoms with Crippen molar-refractivity contribution >= 4 is 11.8 Å². The molecule has 1 N–H and O–H groups in total. The Bertz CT molecular complexity index is 691. The maximum atomic E-state index is 12.8. The van der Waals surface area contributed by atoms with Crippen molar-refractivity contribution in [3.05, 3.63) is 35.4 Å². The van der Waals surface area contributed by atoms with Crippen LogP contribution in [0.1, 0.15) is 38.3 Å². The molecule has 2 amide bonds. The zero-order valence-corrected chi connectivity index (χ0v) is 16.6. The van der Waals surface area contributed by atoms with Crippen LogP contribution < -0.4 is 5.32 Å². The number of hydrogen-bond acceptors (Lipinski definition) is 3. The van der Waals surface area contributed by atoms with E-state index in [4.69, 9.17) is 0 Å². The number of hydrogen-bond donors (Lipinski definition) is 1. The van der Waals surface area contributed by atoms with Crippen LogP contribution in [-0.2, 0) is 22.3 Å². The first-order valence-electron chi connectivity index (χ1n) is 9.41. The van der Waals surface area contributed by atoms with Crippen molar-refractivity contribution in [2.24, 2.45) is 5.41 Å². The minimum Gasteiger partial charge on any atom is -0.355 e. The summed E-state index contributed by atoms with van der Waals surface area (Å²) in [7, 11) is 0. The third-order valence-corrected chi connectivity index (χ3v) is 4.69. The van der Waals surface area contributed by atoms with Crippen molar-refractivity contribution in [3.8, 4) is 0 Å². The third-order valence-electron chi connectivity index (χ3n) is 4.69. The van der Waals surface area contributed by atoms with E-state index in [-0.39, 0.29) is 18.2 Å². The fourth-order valence-electron chi connectivity index (χ4n) is 2.97. The second-order valence-electron chi connectivity index (χ2n) is 8.11. The first-order chi connectivity index (χ1) is 13.0. The maximum Gasteiger partial charge on any atom is 0.416 e. The quantitative estimate of drug-likeness (QED) is 0.828. The highest BCUT2D eigenvalue weighted by atomic mass is 19.4. The lowest BCUT2D eigenvalue weighted by molar-refractivity contribution is -0.138. The van der Waals surface area contributed by atoms with E-state index in [0.717, 1.165) is 6.07 Å². The lowest BCUT2D eigenvalue weighted by Gasteiger charge is -2.35. The summed E-state index contributed by atoms with van der Waals surface area (Å²) in [6, 6.07) is 5.35. The molecule has 1 aliphatic rings. The predicted octanol–water partition coefficient (Wildman–Crippen LogP) is 2.90. The largest absolute Gasteiger partial charge is 0.416 e. The standard InChI is InChI=1S/C20H28F3N3O2/c1-19(2,3)18(28)24-8-7-17(27)26-11-9-25(10-12-26)14-15-5-4-6-16(13-15)20(21,22)23/h4-6,13H,7-12,14H2,1-3H3,(H,24,28). The number of nitrogens with zero attached hydrogens (tertiary/aromatic N) is 2. The molecule has 8 heteroatoms. The van der Waals surface area contributed by atoms with Crippen molar-refractivity contribution < 1.29 is 22.8 Å². The van der Waals surface area contributed by atoms with E-state index in [2.05, 4.69) is 5.32 Å². The van der Waals surface area contributed by atoms with Gasteiger partial charge in [0.05, 0.1) is 5.56 Å². The number of alkyl halides is 3. The molecule has 0 aromatic heterocycles. The fourth-order valence-corrected chi connectivity index (χ4v) is 2.97. The molecule has 1 aromatic carbocycles. The van der Waals surface area contributed by atoms with Gasteiger partial charge in [0.15, 0.2) is 0 Å². The van der Waals surface area contributed by atoms with Gasteiger partial charge in [-0.3, -0.25) is 14.5 Å². The second kappa shape index (κ2) is 8.94. The third kappa shape index (κ3) is 6.51. The molecule has 1 saturated heterocycles. The molecule has 1 fully saturated rings. The van der Waals surface area contributed by atoms with Gasteiger partial charge in [0.2, 0.25) is 11.8 Å². The first-order valence-corrected chi connectivity index (χ1v) is 9.41. The molecule has 0 bridgehead atoms. The van der Waals surface area contributed by atoms with E-state index >= 15 is 0 Å². The Labute approximate surface area is 163 Å². The lowest BCUT2D eigenvalue weighted by atomic mass is 9.96. The number of amides is 2. The normalized spacial score (nSPS) is 16.1. The Morgan fingerprint density at radius 3 is 2.29 bits per heavy atom. The van der Waals surface area contributed by atoms with Gasteiger partial charge in [-0.2, -0.15) is 13.2 Å². The van der Waals surface area contributed by atoms with Gasteiger partial charge in [-0.1, -0.05) is 39.0 Å². The van der Waals surface area contributed by atoms with E-state index in [1.54, 1.807) is 11.0 Å². The molecule has 0 atom stereocenters. The molecule has 1 heterocycles. The molecular formula is C20H28F3N3O2. The average molecular weight is 399 g/mol. The van der Waals surface area contributed by atoms with E-state index in [1.807, 2.05) is 25.7 Å². The minimum absolute atomic E-state index is 0.0204. The molecule has 2 rings (SSSR count). The van der Waals surface area contributed by atoms with Gasteiger partial charge >= 0.3 is 6.18 Å². The molecule has 1 aliphatic heterocycles. The molecular weight excluding hydrogens is 371 g/mol. The monoisotopic (exact) mass is 399 g/mol. The lowest BCUT2D eigenvalue weighted by Crippen LogP contribution is -2.49. The number of benzene rings is 1. The topological polar surface area (TPSA) is 52.7 Å². The maximum absolute atomic E-state index is 12.8. The summed E-state index contributed by atoms with van der Waals surface area (Å²) in [6.07, 6.45) is -4.10. The summed E-state index contributed by atoms with van der Waals surface area (Å²) >= 11 is 0. The Morgan fingerprint density at radius 1 is 1.07 bits per heavy atom. The Balaban J connectivity index is 1.77. The van der Waals surface area contributed by atoms with Crippen LogP contribution in [-0.4, -0.2) is 54.3 Å². The summed E-state index contributed by atoms with van der Waals surface area (Å²) in [6.45, 7) is 8.45. The molecule has 28 heavy (non-hydrogen) atoms. The number of carbonyl (C=O) groups excluding carboxylic acids is 2. The van der Waals surface area contributed by atoms with Gasteiger partial charge < -0.3 is 10.2 Å². The van der Waals surface area contributed by atoms with Crippen LogP contribution >= 0.6 is 0 Å². The summed E-state index contributed by atoms with van der Waals surface area (Å²) in [5.74, 6) is -0.112. The van der Waals surface area contributed by atoms with Gasteiger partial charge in [0.1, 0.15) is 0 Å². The number of rotatable bonds is 5. The molecule has 1 aromatic rings. The molecule has 0 spiro atoms. The molecule has 156 valence electrons. The minimum atomic E-state index is -4.34. The summed E-state index contributed by atoms with van der Waals surface area (Å²) in [5.41, 5.74) is -0.520. The first kappa shape index (κ1) is 22.2. The Hall–Kier alpha value is -2.09. The van der Waals surface area contributed by atoms with E-state index < -0.39 is 17.2 Å². The van der Waals surface area contributed by atoms with Gasteiger partial charge in [0, 0.05) is 51.1 Å². The van der Waals surface area contributed by atoms with Crippen LogP contribution in [0.25, 0.3) is 0 Å². The van der Waals surface area contributed by atoms with Crippen LogP contribution in [0, 0.1) is 5.41 Å². The molecule has 0 aliphatic carbocycles. The number of nitrogens with one attached hydrogen (secondary N) is 1. The molecule has 0 saturated carbocycles. The van der Waals surface area contributed by atoms with Crippen molar-refractivity contribution in [2.45, 2.75) is 39.9 Å². The van der Waals surface area contributed by atoms with Crippen molar-refractivity contribution in [1.82, 2.24) is 15.1 Å². The van der Waals surface area contributed by atoms with Crippen molar-refractivity contribution in [3.63, 3.8) is 0 Å². The molecule has 0 unspecified atom stereocenters. The fraction of sp³-hybridized carbons (Fsp3) is 0.600. The smallest absolute Gasteiger partial charge is 0.355 e. The van der Waals surface area contributed by atoms with Gasteiger partial charge in [-0.15, -0.1) is 0 Å². The van der Waals surface area contributed by atoms with Gasteiger partial charge in [0.25, 0.3) is 0 Å². The summed E-state index contributed by atoms with van der Waals surface area (Å²) in [4.78, 5) is 27.9. The zero-order chi connectivity index (χ0) is 20.9. The number of carbonyl (C=O) groups is 2. The van der Waals surface area contributed by atoms with E-state index in [1.165, 1.54) is 12.1 Å². The van der Waals surface area contributed by atoms with Crippen molar-refractivity contribution in [1.29, 1.82) is 0 Å². The predicted molar refractivity (Wildman–Crippen MR) is 100 cm³/mol. The van der Waals surface area contributed by atoms with Gasteiger partial charge in [-0.05, 0) is 11.6 Å². The van der Waals surface area contributed by atoms with Crippen LogP contribution in [0.2, 0.25) is 0 Å². The molecule has 5 nitrogen and oxygen atoms in total. The summed E-state index contributed by atoms with van der Waals surface area (Å²) in [5, 5.41) is 2.76. The van der Waals surface area contributed by atoms with E-state index in [9.17, 15) is 22.8 Å². The van der Waals surface area contributed by atoms with E-state index in [0.29, 0.717) is 44.8 Å². The van der Waals surface area contributed by atoms with Crippen molar-refractivity contribution in [2.75, 3.05) is 32.7 Å². The second-order valence-corrected chi connectivity index (χ2v) is 8.11. The van der Waals surface area contributed by atoms with Crippen LogP contribution in [0.5, 0.6) is 0 Å². The number of piperazine rings is 1. The summed E-state index contributed by atoms with van der Waals surface area (Å²) < 4.78 is 38.5. The average Bonchev–Trinajstić information content (AvgIpc) is 2.61. The SMILES string of the molecule is CC(C)(C)C(=O)NCCC(=O)N1CCN(Cc2cccc(C(F)(F)F)c2)CC1. The van der Waals surface area contributed by atoms with Gasteiger partial charge in [-0.25, -0.2) is 0 Å². The van der Waals surface area contributed by atoms with Crippen LogP contribution in [0.3, 0.4) is 0 Å². The highest BCUT2D eigenvalue weighted by Gasteiger charge is 2.30. The zero-order valence-electron chi connectivity index (χ0n) is 16.6. The molecule has 0 radical (unpaired) electrons. The highest BCUT2D eigenvalue weighted by molar-refractivity contribution is 5.82. The number of halogens is 3.